The lowest BCUT2D eigenvalue weighted by atomic mass is 9.62. The number of ether oxygens (including phenoxy) is 1. The van der Waals surface area contributed by atoms with E-state index in [9.17, 15) is 19.2 Å². The fourth-order valence-corrected chi connectivity index (χ4v) is 4.76. The van der Waals surface area contributed by atoms with Crippen molar-refractivity contribution in [1.82, 2.24) is 0 Å². The van der Waals surface area contributed by atoms with Crippen LogP contribution in [0, 0.1) is 35.5 Å². The molecule has 0 aromatic rings. The van der Waals surface area contributed by atoms with Gasteiger partial charge in [-0.15, -0.1) is 0 Å². The van der Waals surface area contributed by atoms with E-state index in [0.29, 0.717) is 12.3 Å². The molecule has 0 aromatic carbocycles. The van der Waals surface area contributed by atoms with Crippen LogP contribution in [0.15, 0.2) is 12.2 Å². The second kappa shape index (κ2) is 5.91. The third-order valence-corrected chi connectivity index (χ3v) is 5.70. The minimum Gasteiger partial charge on any atom is -0.481 e. The van der Waals surface area contributed by atoms with E-state index in [1.165, 1.54) is 0 Å². The summed E-state index contributed by atoms with van der Waals surface area (Å²) in [5.41, 5.74) is 0. The number of fused-ring (bicyclic) bond motifs is 5. The summed E-state index contributed by atoms with van der Waals surface area (Å²) in [4.78, 5) is 47.7. The van der Waals surface area contributed by atoms with Crippen LogP contribution in [0.3, 0.4) is 0 Å². The van der Waals surface area contributed by atoms with Gasteiger partial charge in [-0.3, -0.25) is 14.4 Å². The molecule has 124 valence electrons. The van der Waals surface area contributed by atoms with E-state index in [4.69, 9.17) is 5.11 Å². The highest BCUT2D eigenvalue weighted by molar-refractivity contribution is 6.38. The van der Waals surface area contributed by atoms with E-state index in [1.807, 2.05) is 6.08 Å². The van der Waals surface area contributed by atoms with Crippen molar-refractivity contribution >= 4 is 23.5 Å². The zero-order chi connectivity index (χ0) is 16.7. The molecule has 3 aliphatic rings. The summed E-state index contributed by atoms with van der Waals surface area (Å²) in [5, 5.41) is 8.91. The predicted molar refractivity (Wildman–Crippen MR) is 78.2 cm³/mol. The minimum atomic E-state index is -1.05. The van der Waals surface area contributed by atoms with E-state index in [1.54, 1.807) is 0 Å². The van der Waals surface area contributed by atoms with Gasteiger partial charge in [-0.2, -0.15) is 0 Å². The lowest BCUT2D eigenvalue weighted by Crippen LogP contribution is -2.48. The molecule has 0 aliphatic heterocycles. The highest BCUT2D eigenvalue weighted by atomic mass is 16.5. The summed E-state index contributed by atoms with van der Waals surface area (Å²) in [6.45, 7) is 0. The highest BCUT2D eigenvalue weighted by Crippen LogP contribution is 2.55. The van der Waals surface area contributed by atoms with Crippen LogP contribution in [0.5, 0.6) is 0 Å². The van der Waals surface area contributed by atoms with Crippen molar-refractivity contribution < 1.29 is 29.0 Å². The van der Waals surface area contributed by atoms with Crippen molar-refractivity contribution in [1.29, 1.82) is 0 Å². The molecule has 0 saturated heterocycles. The van der Waals surface area contributed by atoms with Crippen molar-refractivity contribution in [3.05, 3.63) is 12.2 Å². The number of ketones is 2. The van der Waals surface area contributed by atoms with Crippen LogP contribution in [-0.4, -0.2) is 35.7 Å². The van der Waals surface area contributed by atoms with Gasteiger partial charge in [0, 0.05) is 12.3 Å². The van der Waals surface area contributed by atoms with E-state index < -0.39 is 23.6 Å². The standard InChI is InChI=1S/C17H20O6/c1-23-17(22)16(21)14-10(4-5-12(18)19)7-11-8-2-3-9(6-8)13(11)15(14)20/h2-3,8-11,13-14H,4-7H2,1H3,(H,18,19). The number of methoxy groups -OCH3 is 1. The molecule has 3 aliphatic carbocycles. The monoisotopic (exact) mass is 320 g/mol. The summed E-state index contributed by atoms with van der Waals surface area (Å²) < 4.78 is 4.49. The minimum absolute atomic E-state index is 0.107. The first-order valence-electron chi connectivity index (χ1n) is 8.00. The van der Waals surface area contributed by atoms with Gasteiger partial charge in [-0.05, 0) is 42.9 Å². The SMILES string of the molecule is COC(=O)C(=O)C1C(=O)C2C3C=CC(C3)C2CC1CCC(=O)O. The van der Waals surface area contributed by atoms with Crippen LogP contribution in [0.25, 0.3) is 0 Å². The first-order chi connectivity index (χ1) is 10.9. The predicted octanol–water partition coefficient (Wildman–Crippen LogP) is 1.24. The Kier molecular flexibility index (Phi) is 4.08. The average Bonchev–Trinajstić information content (AvgIpc) is 3.13. The Morgan fingerprint density at radius 1 is 1.22 bits per heavy atom. The van der Waals surface area contributed by atoms with Crippen molar-refractivity contribution in [3.63, 3.8) is 0 Å². The summed E-state index contributed by atoms with van der Waals surface area (Å²) >= 11 is 0. The molecular formula is C17H20O6. The van der Waals surface area contributed by atoms with Gasteiger partial charge < -0.3 is 9.84 Å². The fourth-order valence-electron chi connectivity index (χ4n) is 4.76. The van der Waals surface area contributed by atoms with E-state index in [2.05, 4.69) is 10.8 Å². The molecule has 1 N–H and O–H groups in total. The number of Topliss-reactive ketones (excluding diaryl/α,β-unsaturated/α-hetero) is 2. The Balaban J connectivity index is 1.87. The number of carbonyl (C=O) groups excluding carboxylic acids is 3. The smallest absolute Gasteiger partial charge is 0.375 e. The molecule has 0 spiro atoms. The molecule has 2 bridgehead atoms. The Hall–Kier alpha value is -1.98. The fraction of sp³-hybridized carbons (Fsp3) is 0.647. The van der Waals surface area contributed by atoms with Gasteiger partial charge in [0.25, 0.3) is 5.78 Å². The van der Waals surface area contributed by atoms with Crippen molar-refractivity contribution in [2.45, 2.75) is 25.7 Å². The zero-order valence-corrected chi connectivity index (χ0v) is 12.9. The average molecular weight is 320 g/mol. The van der Waals surface area contributed by atoms with Gasteiger partial charge in [-0.25, -0.2) is 4.79 Å². The Morgan fingerprint density at radius 2 is 1.91 bits per heavy atom. The molecule has 3 rings (SSSR count). The summed E-state index contributed by atoms with van der Waals surface area (Å²) in [5.74, 6) is -3.95. The first-order valence-corrected chi connectivity index (χ1v) is 8.00. The third-order valence-electron chi connectivity index (χ3n) is 5.70. The molecule has 2 fully saturated rings. The number of aliphatic carboxylic acids is 1. The van der Waals surface area contributed by atoms with Crippen molar-refractivity contribution in [2.75, 3.05) is 7.11 Å². The molecule has 2 saturated carbocycles. The second-order valence-electron chi connectivity index (χ2n) is 6.80. The Morgan fingerprint density at radius 3 is 2.57 bits per heavy atom. The van der Waals surface area contributed by atoms with Crippen molar-refractivity contribution in [2.24, 2.45) is 35.5 Å². The van der Waals surface area contributed by atoms with E-state index in [0.717, 1.165) is 13.5 Å². The molecule has 0 amide bonds. The number of carbonyl (C=O) groups is 4. The van der Waals surface area contributed by atoms with E-state index in [-0.39, 0.29) is 42.3 Å². The molecule has 6 nitrogen and oxygen atoms in total. The van der Waals surface area contributed by atoms with Gasteiger partial charge in [0.1, 0.15) is 5.78 Å². The van der Waals surface area contributed by atoms with Gasteiger partial charge in [0.15, 0.2) is 0 Å². The number of rotatable bonds is 5. The van der Waals surface area contributed by atoms with Crippen LogP contribution in [0.1, 0.15) is 25.7 Å². The largest absolute Gasteiger partial charge is 0.481 e. The molecule has 6 atom stereocenters. The highest BCUT2D eigenvalue weighted by Gasteiger charge is 2.56. The molecule has 6 heteroatoms. The summed E-state index contributed by atoms with van der Waals surface area (Å²) in [6, 6.07) is 0. The van der Waals surface area contributed by atoms with Gasteiger partial charge in [0.05, 0.1) is 13.0 Å². The number of esters is 1. The Labute approximate surface area is 133 Å². The molecule has 0 aromatic heterocycles. The van der Waals surface area contributed by atoms with Crippen LogP contribution < -0.4 is 0 Å². The lowest BCUT2D eigenvalue weighted by Gasteiger charge is -2.40. The second-order valence-corrected chi connectivity index (χ2v) is 6.80. The number of carboxylic acids is 1. The topological polar surface area (TPSA) is 97.7 Å². The normalized spacial score (nSPS) is 37.5. The molecule has 0 heterocycles. The first kappa shape index (κ1) is 15.9. The maximum absolute atomic E-state index is 12.9. The summed E-state index contributed by atoms with van der Waals surface area (Å²) in [7, 11) is 1.11. The van der Waals surface area contributed by atoms with Crippen LogP contribution in [-0.2, 0) is 23.9 Å². The maximum atomic E-state index is 12.9. The third kappa shape index (κ3) is 2.60. The molecular weight excluding hydrogens is 300 g/mol. The number of hydrogen-bond donors (Lipinski definition) is 1. The lowest BCUT2D eigenvalue weighted by molar-refractivity contribution is -0.159. The van der Waals surface area contributed by atoms with Crippen LogP contribution in [0.2, 0.25) is 0 Å². The quantitative estimate of drug-likeness (QED) is 0.354. The Bertz CT molecular complexity index is 592. The summed E-state index contributed by atoms with van der Waals surface area (Å²) in [6.07, 6.45) is 5.86. The van der Waals surface area contributed by atoms with Gasteiger partial charge in [-0.1, -0.05) is 12.2 Å². The van der Waals surface area contributed by atoms with Crippen LogP contribution in [0.4, 0.5) is 0 Å². The number of allylic oxidation sites excluding steroid dienone is 2. The molecule has 0 radical (unpaired) electrons. The van der Waals surface area contributed by atoms with Crippen molar-refractivity contribution in [3.8, 4) is 0 Å². The number of hydrogen-bond acceptors (Lipinski definition) is 5. The molecule has 6 unspecified atom stereocenters. The molecule has 23 heavy (non-hydrogen) atoms. The van der Waals surface area contributed by atoms with E-state index >= 15 is 0 Å². The number of carboxylic acid groups (broad SMARTS) is 1. The van der Waals surface area contributed by atoms with Gasteiger partial charge >= 0.3 is 11.9 Å². The van der Waals surface area contributed by atoms with Gasteiger partial charge in [0.2, 0.25) is 0 Å². The maximum Gasteiger partial charge on any atom is 0.375 e. The van der Waals surface area contributed by atoms with Crippen LogP contribution >= 0.6 is 0 Å². The zero-order valence-electron chi connectivity index (χ0n) is 12.9.